The van der Waals surface area contributed by atoms with Crippen molar-refractivity contribution in [2.45, 2.75) is 24.2 Å². The molecule has 0 saturated heterocycles. The predicted molar refractivity (Wildman–Crippen MR) is 129 cm³/mol. The Bertz CT molecular complexity index is 1420. The van der Waals surface area contributed by atoms with E-state index in [9.17, 15) is 31.5 Å². The number of carbonyl (C=O) groups is 1. The highest BCUT2D eigenvalue weighted by Crippen LogP contribution is 2.35. The van der Waals surface area contributed by atoms with Gasteiger partial charge in [0, 0.05) is 17.0 Å². The average Bonchev–Trinajstić information content (AvgIpc) is 2.84. The van der Waals surface area contributed by atoms with Crippen molar-refractivity contribution in [1.29, 1.82) is 0 Å². The Morgan fingerprint density at radius 1 is 1.05 bits per heavy atom. The van der Waals surface area contributed by atoms with Crippen LogP contribution in [0.4, 0.5) is 18.9 Å². The minimum Gasteiger partial charge on any atom is -0.506 e. The molecule has 198 valence electrons. The molecule has 3 aromatic rings. The SMILES string of the molecule is COc1ccc(-c2cc(C(F)(F)F)nc(S(=O)(=O)CCCC(=O)Nc3cc(Cl)ccc3O)n2)cc1OC. The zero-order chi connectivity index (χ0) is 27.4. The number of nitrogens with zero attached hydrogens (tertiary/aromatic N) is 2. The molecule has 1 aromatic heterocycles. The summed E-state index contributed by atoms with van der Waals surface area (Å²) in [6, 6.07) is 8.80. The summed E-state index contributed by atoms with van der Waals surface area (Å²) < 4.78 is 76.5. The van der Waals surface area contributed by atoms with Gasteiger partial charge in [0.2, 0.25) is 20.9 Å². The van der Waals surface area contributed by atoms with E-state index >= 15 is 0 Å². The summed E-state index contributed by atoms with van der Waals surface area (Å²) in [4.78, 5) is 19.3. The first-order valence-electron chi connectivity index (χ1n) is 10.5. The topological polar surface area (TPSA) is 128 Å². The molecule has 1 heterocycles. The number of nitrogens with one attached hydrogen (secondary N) is 1. The number of carbonyl (C=O) groups excluding carboxylic acids is 1. The molecule has 1 amide bonds. The fourth-order valence-electron chi connectivity index (χ4n) is 3.19. The van der Waals surface area contributed by atoms with Crippen LogP contribution in [0.1, 0.15) is 18.5 Å². The van der Waals surface area contributed by atoms with E-state index in [1.807, 2.05) is 0 Å². The monoisotopic (exact) mass is 559 g/mol. The summed E-state index contributed by atoms with van der Waals surface area (Å²) in [5.41, 5.74) is -1.57. The first-order valence-corrected chi connectivity index (χ1v) is 12.6. The number of phenolic OH excluding ortho intramolecular Hbond substituents is 1. The smallest absolute Gasteiger partial charge is 0.433 e. The third kappa shape index (κ3) is 7.01. The molecule has 0 saturated carbocycles. The molecule has 0 atom stereocenters. The van der Waals surface area contributed by atoms with Crippen molar-refractivity contribution in [3.8, 4) is 28.5 Å². The van der Waals surface area contributed by atoms with E-state index in [2.05, 4.69) is 15.3 Å². The zero-order valence-electron chi connectivity index (χ0n) is 19.5. The summed E-state index contributed by atoms with van der Waals surface area (Å²) in [6.45, 7) is 0. The number of aromatic nitrogens is 2. The van der Waals surface area contributed by atoms with Crippen LogP contribution >= 0.6 is 11.6 Å². The minimum absolute atomic E-state index is 0.0288. The molecule has 0 radical (unpaired) electrons. The van der Waals surface area contributed by atoms with Gasteiger partial charge in [-0.05, 0) is 48.9 Å². The van der Waals surface area contributed by atoms with Crippen LogP contribution < -0.4 is 14.8 Å². The Morgan fingerprint density at radius 3 is 2.41 bits per heavy atom. The second-order valence-corrected chi connectivity index (χ2v) is 10.1. The number of rotatable bonds is 9. The van der Waals surface area contributed by atoms with Gasteiger partial charge in [0.25, 0.3) is 0 Å². The second-order valence-electron chi connectivity index (χ2n) is 7.62. The number of ether oxygens (including phenoxy) is 2. The number of phenols is 1. The lowest BCUT2D eigenvalue weighted by molar-refractivity contribution is -0.141. The van der Waals surface area contributed by atoms with E-state index in [1.54, 1.807) is 0 Å². The molecule has 14 heteroatoms. The van der Waals surface area contributed by atoms with E-state index in [0.29, 0.717) is 11.8 Å². The maximum Gasteiger partial charge on any atom is 0.433 e. The fraction of sp³-hybridized carbons (Fsp3) is 0.261. The van der Waals surface area contributed by atoms with Gasteiger partial charge in [0.1, 0.15) is 11.4 Å². The van der Waals surface area contributed by atoms with Crippen molar-refractivity contribution in [1.82, 2.24) is 9.97 Å². The normalized spacial score (nSPS) is 11.7. The van der Waals surface area contributed by atoms with Gasteiger partial charge in [-0.3, -0.25) is 4.79 Å². The standard InChI is InChI=1S/C23H21ClF3N3O6S/c1-35-18-8-5-13(10-19(18)36-2)15-12-20(23(25,26)27)30-22(29-15)37(33,34)9-3-4-21(32)28-16-11-14(24)6-7-17(16)31/h5-8,10-12,31H,3-4,9H2,1-2H3,(H,28,32). The molecule has 2 N–H and O–H groups in total. The van der Waals surface area contributed by atoms with Crippen LogP contribution in [0.15, 0.2) is 47.6 Å². The Labute approximate surface area is 215 Å². The molecule has 0 aliphatic carbocycles. The largest absolute Gasteiger partial charge is 0.506 e. The first kappa shape index (κ1) is 28.0. The number of hydrogen-bond donors (Lipinski definition) is 2. The van der Waals surface area contributed by atoms with E-state index in [-0.39, 0.29) is 46.3 Å². The lowest BCUT2D eigenvalue weighted by Crippen LogP contribution is -2.18. The van der Waals surface area contributed by atoms with Gasteiger partial charge in [0.15, 0.2) is 11.5 Å². The molecule has 9 nitrogen and oxygen atoms in total. The summed E-state index contributed by atoms with van der Waals surface area (Å²) in [5, 5.41) is 11.4. The van der Waals surface area contributed by atoms with Crippen LogP contribution in [0.25, 0.3) is 11.3 Å². The van der Waals surface area contributed by atoms with Crippen molar-refractivity contribution >= 4 is 33.0 Å². The lowest BCUT2D eigenvalue weighted by Gasteiger charge is -2.13. The zero-order valence-corrected chi connectivity index (χ0v) is 21.0. The van der Waals surface area contributed by atoms with Crippen LogP contribution in [0.5, 0.6) is 17.2 Å². The number of methoxy groups -OCH3 is 2. The van der Waals surface area contributed by atoms with Crippen LogP contribution in [0, 0.1) is 0 Å². The highest BCUT2D eigenvalue weighted by molar-refractivity contribution is 7.91. The molecule has 0 spiro atoms. The minimum atomic E-state index is -4.95. The van der Waals surface area contributed by atoms with Gasteiger partial charge in [-0.2, -0.15) is 13.2 Å². The summed E-state index contributed by atoms with van der Waals surface area (Å²) in [5.74, 6) is -1.06. The molecule has 2 aromatic carbocycles. The van der Waals surface area contributed by atoms with Gasteiger partial charge < -0.3 is 19.9 Å². The van der Waals surface area contributed by atoms with Crippen molar-refractivity contribution in [2.24, 2.45) is 0 Å². The Kier molecular flexibility index (Phi) is 8.49. The van der Waals surface area contributed by atoms with Crippen molar-refractivity contribution in [2.75, 3.05) is 25.3 Å². The second kappa shape index (κ2) is 11.2. The Balaban J connectivity index is 1.84. The first-order chi connectivity index (χ1) is 17.3. The quantitative estimate of drug-likeness (QED) is 0.284. The number of sulfone groups is 1. The number of alkyl halides is 3. The van der Waals surface area contributed by atoms with Crippen LogP contribution in [-0.4, -0.2) is 49.4 Å². The maximum absolute atomic E-state index is 13.5. The van der Waals surface area contributed by atoms with E-state index in [4.69, 9.17) is 21.1 Å². The van der Waals surface area contributed by atoms with Crippen molar-refractivity contribution in [3.05, 3.63) is 53.2 Å². The predicted octanol–water partition coefficient (Wildman–Crippen LogP) is 4.73. The van der Waals surface area contributed by atoms with Crippen LogP contribution in [0.3, 0.4) is 0 Å². The molecule has 0 aliphatic heterocycles. The van der Waals surface area contributed by atoms with Gasteiger partial charge in [-0.15, -0.1) is 0 Å². The summed E-state index contributed by atoms with van der Waals surface area (Å²) in [7, 11) is -1.70. The molecular formula is C23H21ClF3N3O6S. The van der Waals surface area contributed by atoms with Crippen LogP contribution in [0.2, 0.25) is 5.02 Å². The van der Waals surface area contributed by atoms with E-state index in [1.165, 1.54) is 50.6 Å². The lowest BCUT2D eigenvalue weighted by atomic mass is 10.1. The Hall–Kier alpha value is -3.58. The highest BCUT2D eigenvalue weighted by Gasteiger charge is 2.35. The van der Waals surface area contributed by atoms with E-state index in [0.717, 1.165) is 0 Å². The maximum atomic E-state index is 13.5. The van der Waals surface area contributed by atoms with Gasteiger partial charge in [-0.25, -0.2) is 18.4 Å². The molecular weight excluding hydrogens is 539 g/mol. The fourth-order valence-corrected chi connectivity index (χ4v) is 4.54. The van der Waals surface area contributed by atoms with Gasteiger partial charge in [0.05, 0.1) is 31.4 Å². The van der Waals surface area contributed by atoms with Crippen molar-refractivity contribution in [3.63, 3.8) is 0 Å². The third-order valence-corrected chi connectivity index (χ3v) is 6.80. The summed E-state index contributed by atoms with van der Waals surface area (Å²) in [6.07, 6.45) is -5.51. The number of anilines is 1. The van der Waals surface area contributed by atoms with Gasteiger partial charge in [-0.1, -0.05) is 11.6 Å². The Morgan fingerprint density at radius 2 is 1.76 bits per heavy atom. The number of aromatic hydroxyl groups is 1. The van der Waals surface area contributed by atoms with Gasteiger partial charge >= 0.3 is 6.18 Å². The van der Waals surface area contributed by atoms with Crippen molar-refractivity contribution < 1.29 is 41.0 Å². The third-order valence-electron chi connectivity index (χ3n) is 5.00. The molecule has 0 fully saturated rings. The molecule has 3 rings (SSSR count). The number of benzene rings is 2. The average molecular weight is 560 g/mol. The molecule has 0 unspecified atom stereocenters. The number of amides is 1. The number of halogens is 4. The molecule has 0 aliphatic rings. The summed E-state index contributed by atoms with van der Waals surface area (Å²) >= 11 is 5.82. The highest BCUT2D eigenvalue weighted by atomic mass is 35.5. The van der Waals surface area contributed by atoms with E-state index < -0.39 is 38.5 Å². The number of hydrogen-bond acceptors (Lipinski definition) is 8. The molecule has 0 bridgehead atoms. The van der Waals surface area contributed by atoms with Crippen LogP contribution in [-0.2, 0) is 20.8 Å². The molecule has 37 heavy (non-hydrogen) atoms.